The Morgan fingerprint density at radius 2 is 2.62 bits per heavy atom. The highest BCUT2D eigenvalue weighted by molar-refractivity contribution is 5.79. The highest BCUT2D eigenvalue weighted by Gasteiger charge is 2.19. The molecule has 0 amide bonds. The van der Waals surface area contributed by atoms with Gasteiger partial charge in [-0.25, -0.2) is 4.98 Å². The van der Waals surface area contributed by atoms with Crippen LogP contribution in [0.4, 0.5) is 0 Å². The first-order valence-corrected chi connectivity index (χ1v) is 4.49. The number of aromatic nitrogens is 2. The fourth-order valence-electron chi connectivity index (χ4n) is 1.51. The largest absolute Gasteiger partial charge is 0.378 e. The molecule has 1 aromatic heterocycles. The summed E-state index contributed by atoms with van der Waals surface area (Å²) in [4.78, 5) is 15.3. The van der Waals surface area contributed by atoms with Crippen LogP contribution in [0.25, 0.3) is 0 Å². The minimum atomic E-state index is 0.0596. The van der Waals surface area contributed by atoms with Gasteiger partial charge in [0.15, 0.2) is 0 Å². The SMILES string of the molecule is O=C(CC1CCCO1)n1ccnc1. The summed E-state index contributed by atoms with van der Waals surface area (Å²) in [5.74, 6) is 0.0596. The Hall–Kier alpha value is -1.16. The Kier molecular flexibility index (Phi) is 2.40. The van der Waals surface area contributed by atoms with E-state index in [0.717, 1.165) is 19.4 Å². The van der Waals surface area contributed by atoms with Crippen molar-refractivity contribution in [3.8, 4) is 0 Å². The zero-order valence-corrected chi connectivity index (χ0v) is 7.35. The third kappa shape index (κ3) is 1.95. The molecule has 1 fully saturated rings. The van der Waals surface area contributed by atoms with Crippen LogP contribution in [0.15, 0.2) is 18.7 Å². The zero-order valence-electron chi connectivity index (χ0n) is 7.35. The molecule has 0 aliphatic carbocycles. The van der Waals surface area contributed by atoms with Gasteiger partial charge in [0, 0.05) is 19.0 Å². The van der Waals surface area contributed by atoms with Crippen LogP contribution in [0.1, 0.15) is 24.1 Å². The Balaban J connectivity index is 1.91. The van der Waals surface area contributed by atoms with E-state index < -0.39 is 0 Å². The smallest absolute Gasteiger partial charge is 0.234 e. The van der Waals surface area contributed by atoms with Gasteiger partial charge in [0.25, 0.3) is 0 Å². The fraction of sp³-hybridized carbons (Fsp3) is 0.556. The molecule has 1 saturated heterocycles. The Bertz CT molecular complexity index is 276. The highest BCUT2D eigenvalue weighted by Crippen LogP contribution is 2.15. The molecule has 2 rings (SSSR count). The normalized spacial score (nSPS) is 22.0. The van der Waals surface area contributed by atoms with Gasteiger partial charge in [-0.3, -0.25) is 9.36 Å². The van der Waals surface area contributed by atoms with Crippen molar-refractivity contribution >= 4 is 5.91 Å². The average Bonchev–Trinajstić information content (AvgIpc) is 2.74. The Labute approximate surface area is 76.5 Å². The molecule has 0 radical (unpaired) electrons. The van der Waals surface area contributed by atoms with E-state index in [0.29, 0.717) is 6.42 Å². The third-order valence-electron chi connectivity index (χ3n) is 2.22. The van der Waals surface area contributed by atoms with Crippen molar-refractivity contribution in [2.24, 2.45) is 0 Å². The summed E-state index contributed by atoms with van der Waals surface area (Å²) in [6, 6.07) is 0. The lowest BCUT2D eigenvalue weighted by atomic mass is 10.2. The second-order valence-electron chi connectivity index (χ2n) is 3.20. The standard InChI is InChI=1S/C9H12N2O2/c12-9(11-4-3-10-7-11)6-8-2-1-5-13-8/h3-4,7-8H,1-2,5-6H2. The van der Waals surface area contributed by atoms with E-state index >= 15 is 0 Å². The molecule has 0 N–H and O–H groups in total. The van der Waals surface area contributed by atoms with Crippen LogP contribution in [0.2, 0.25) is 0 Å². The van der Waals surface area contributed by atoms with Gasteiger partial charge in [-0.2, -0.15) is 0 Å². The van der Waals surface area contributed by atoms with Gasteiger partial charge in [-0.05, 0) is 12.8 Å². The molecule has 2 heterocycles. The van der Waals surface area contributed by atoms with E-state index in [1.807, 2.05) is 0 Å². The van der Waals surface area contributed by atoms with Crippen LogP contribution in [0.5, 0.6) is 0 Å². The van der Waals surface area contributed by atoms with E-state index in [9.17, 15) is 4.79 Å². The molecule has 4 heteroatoms. The molecular weight excluding hydrogens is 168 g/mol. The third-order valence-corrected chi connectivity index (χ3v) is 2.22. The quantitative estimate of drug-likeness (QED) is 0.684. The summed E-state index contributed by atoms with van der Waals surface area (Å²) in [5, 5.41) is 0. The lowest BCUT2D eigenvalue weighted by Crippen LogP contribution is -2.17. The van der Waals surface area contributed by atoms with Gasteiger partial charge < -0.3 is 4.74 Å². The van der Waals surface area contributed by atoms with Gasteiger partial charge in [0.05, 0.1) is 12.5 Å². The molecule has 0 bridgehead atoms. The first-order valence-electron chi connectivity index (χ1n) is 4.49. The van der Waals surface area contributed by atoms with E-state index in [1.165, 1.54) is 10.9 Å². The van der Waals surface area contributed by atoms with Crippen LogP contribution in [-0.2, 0) is 4.74 Å². The number of carbonyl (C=O) groups is 1. The number of carbonyl (C=O) groups excluding carboxylic acids is 1. The minimum absolute atomic E-state index is 0.0596. The summed E-state index contributed by atoms with van der Waals surface area (Å²) >= 11 is 0. The molecule has 1 aliphatic rings. The molecular formula is C9H12N2O2. The molecule has 1 aromatic rings. The monoisotopic (exact) mass is 180 g/mol. The highest BCUT2D eigenvalue weighted by atomic mass is 16.5. The predicted octanol–water partition coefficient (Wildman–Crippen LogP) is 1.09. The maximum atomic E-state index is 11.5. The Morgan fingerprint density at radius 3 is 3.23 bits per heavy atom. The second kappa shape index (κ2) is 3.70. The molecule has 0 spiro atoms. The molecule has 70 valence electrons. The van der Waals surface area contributed by atoms with Gasteiger partial charge >= 0.3 is 0 Å². The maximum absolute atomic E-state index is 11.5. The number of ether oxygens (including phenoxy) is 1. The van der Waals surface area contributed by atoms with Crippen molar-refractivity contribution in [2.75, 3.05) is 6.61 Å². The lowest BCUT2D eigenvalue weighted by molar-refractivity contribution is 0.0706. The van der Waals surface area contributed by atoms with Crippen LogP contribution < -0.4 is 0 Å². The number of nitrogens with zero attached hydrogens (tertiary/aromatic N) is 2. The topological polar surface area (TPSA) is 44.1 Å². The van der Waals surface area contributed by atoms with Crippen LogP contribution in [-0.4, -0.2) is 28.2 Å². The van der Waals surface area contributed by atoms with E-state index in [2.05, 4.69) is 4.98 Å². The summed E-state index contributed by atoms with van der Waals surface area (Å²) < 4.78 is 6.87. The van der Waals surface area contributed by atoms with Crippen LogP contribution in [0, 0.1) is 0 Å². The van der Waals surface area contributed by atoms with Crippen LogP contribution in [0.3, 0.4) is 0 Å². The predicted molar refractivity (Wildman–Crippen MR) is 46.4 cm³/mol. The van der Waals surface area contributed by atoms with Crippen molar-refractivity contribution in [1.29, 1.82) is 0 Å². The minimum Gasteiger partial charge on any atom is -0.378 e. The summed E-state index contributed by atoms with van der Waals surface area (Å²) in [5.41, 5.74) is 0. The lowest BCUT2D eigenvalue weighted by Gasteiger charge is -2.07. The van der Waals surface area contributed by atoms with Crippen molar-refractivity contribution in [3.63, 3.8) is 0 Å². The second-order valence-corrected chi connectivity index (χ2v) is 3.20. The fourth-order valence-corrected chi connectivity index (χ4v) is 1.51. The molecule has 1 unspecified atom stereocenters. The van der Waals surface area contributed by atoms with E-state index in [-0.39, 0.29) is 12.0 Å². The van der Waals surface area contributed by atoms with Crippen molar-refractivity contribution in [2.45, 2.75) is 25.4 Å². The van der Waals surface area contributed by atoms with Crippen molar-refractivity contribution in [1.82, 2.24) is 9.55 Å². The first-order chi connectivity index (χ1) is 6.36. The van der Waals surface area contributed by atoms with E-state index in [1.54, 1.807) is 12.4 Å². The summed E-state index contributed by atoms with van der Waals surface area (Å²) in [6.45, 7) is 0.794. The Morgan fingerprint density at radius 1 is 1.69 bits per heavy atom. The van der Waals surface area contributed by atoms with Crippen molar-refractivity contribution < 1.29 is 9.53 Å². The average molecular weight is 180 g/mol. The molecule has 1 aliphatic heterocycles. The molecule has 4 nitrogen and oxygen atoms in total. The van der Waals surface area contributed by atoms with Gasteiger partial charge in [-0.15, -0.1) is 0 Å². The number of hydrogen-bond donors (Lipinski definition) is 0. The van der Waals surface area contributed by atoms with Gasteiger partial charge in [0.2, 0.25) is 5.91 Å². The number of rotatable bonds is 2. The summed E-state index contributed by atoms with van der Waals surface area (Å²) in [6.07, 6.45) is 7.45. The molecule has 1 atom stereocenters. The zero-order chi connectivity index (χ0) is 9.10. The van der Waals surface area contributed by atoms with Crippen molar-refractivity contribution in [3.05, 3.63) is 18.7 Å². The molecule has 0 aromatic carbocycles. The van der Waals surface area contributed by atoms with Gasteiger partial charge in [-0.1, -0.05) is 0 Å². The van der Waals surface area contributed by atoms with Gasteiger partial charge in [0.1, 0.15) is 6.33 Å². The molecule has 0 saturated carbocycles. The maximum Gasteiger partial charge on any atom is 0.234 e. The summed E-state index contributed by atoms with van der Waals surface area (Å²) in [7, 11) is 0. The van der Waals surface area contributed by atoms with E-state index in [4.69, 9.17) is 4.74 Å². The molecule has 13 heavy (non-hydrogen) atoms. The van der Waals surface area contributed by atoms with Crippen LogP contribution >= 0.6 is 0 Å². The number of imidazole rings is 1. The number of hydrogen-bond acceptors (Lipinski definition) is 3. The first kappa shape index (κ1) is 8.44.